The van der Waals surface area contributed by atoms with Gasteiger partial charge in [-0.3, -0.25) is 4.79 Å². The van der Waals surface area contributed by atoms with Crippen molar-refractivity contribution in [2.45, 2.75) is 38.1 Å². The van der Waals surface area contributed by atoms with E-state index >= 15 is 8.78 Å². The Bertz CT molecular complexity index is 2740. The van der Waals surface area contributed by atoms with Crippen LogP contribution in [0.3, 0.4) is 0 Å². The standard InChI is InChI=1S/C42H44F3N13O3.H2/c1-23-19-54(42(60)52(3)4)12-13-55(23)41-50-38(30-18-46-58(39(30)51-41)34-11-10-25(43)15-31(34)45)57-20-27-17-35(57)40(59)53(5)21-28(61-6)22-56-24(2)47-33-16-26(44)14-29(37(33)56)32-8-7-9-36(48-27)49-32;/h7-11,14-16,18,27-28,35H,1,12-13,17,19-22H2,2-6H3,(H,48,49);1H/t27-,28-,35-;/m0./s1. The molecule has 7 heterocycles. The van der Waals surface area contributed by atoms with Crippen LogP contribution in [0, 0.1) is 24.4 Å². The monoisotopic (exact) mass is 837 g/mol. The Labute approximate surface area is 350 Å². The van der Waals surface area contributed by atoms with Gasteiger partial charge in [-0.2, -0.15) is 15.1 Å². The zero-order valence-electron chi connectivity index (χ0n) is 34.3. The number of ether oxygens (including phenoxy) is 1. The summed E-state index contributed by atoms with van der Waals surface area (Å²) in [4.78, 5) is 55.9. The third kappa shape index (κ3) is 7.11. The number of benzene rings is 2. The molecule has 19 heteroatoms. The summed E-state index contributed by atoms with van der Waals surface area (Å²) in [7, 11) is 6.67. The SMILES string of the molecule is C=C1CN(C(=O)N(C)C)CCN1c1nc(N2C[C@@H]3C[C@H]2C(=O)N(C)C[C@H](OC)Cn2c(C)nc4cc(F)cc(c42)-c2cccc(n2)N3)c2cnn(-c3ccc(F)cc3F)c2n1.[HH]. The van der Waals surface area contributed by atoms with Gasteiger partial charge in [0.15, 0.2) is 11.5 Å². The number of methoxy groups -OCH3 is 1. The number of hydrogen-bond donors (Lipinski definition) is 1. The molecule has 2 aromatic carbocycles. The number of carbonyl (C=O) groups excluding carboxylic acids is 2. The van der Waals surface area contributed by atoms with E-state index in [-0.39, 0.29) is 56.3 Å². The van der Waals surface area contributed by atoms with Gasteiger partial charge in [0, 0.05) is 85.3 Å². The number of aryl methyl sites for hydroxylation is 1. The predicted molar refractivity (Wildman–Crippen MR) is 225 cm³/mol. The van der Waals surface area contributed by atoms with E-state index < -0.39 is 29.6 Å². The van der Waals surface area contributed by atoms with Crippen molar-refractivity contribution in [1.29, 1.82) is 0 Å². The third-order valence-corrected chi connectivity index (χ3v) is 11.6. The van der Waals surface area contributed by atoms with Crippen molar-refractivity contribution in [3.05, 3.63) is 90.3 Å². The number of halogens is 3. The van der Waals surface area contributed by atoms with Crippen LogP contribution in [0.5, 0.6) is 0 Å². The van der Waals surface area contributed by atoms with Crippen LogP contribution in [0.4, 0.5) is 35.5 Å². The molecule has 61 heavy (non-hydrogen) atoms. The van der Waals surface area contributed by atoms with Crippen molar-refractivity contribution in [2.75, 3.05) is 76.1 Å². The molecule has 0 spiro atoms. The van der Waals surface area contributed by atoms with E-state index in [1.165, 1.54) is 34.0 Å². The van der Waals surface area contributed by atoms with Gasteiger partial charge in [-0.05, 0) is 43.7 Å². The summed E-state index contributed by atoms with van der Waals surface area (Å²) in [6.07, 6.45) is 1.36. The number of nitrogens with zero attached hydrogens (tertiary/aromatic N) is 12. The molecule has 3 atom stereocenters. The minimum Gasteiger partial charge on any atom is -0.378 e. The Balaban J connectivity index is 0.00000529. The minimum absolute atomic E-state index is 0. The fourth-order valence-electron chi connectivity index (χ4n) is 8.61. The lowest BCUT2D eigenvalue weighted by molar-refractivity contribution is -0.132. The highest BCUT2D eigenvalue weighted by atomic mass is 19.1. The highest BCUT2D eigenvalue weighted by Crippen LogP contribution is 2.37. The van der Waals surface area contributed by atoms with Crippen LogP contribution in [0.25, 0.3) is 39.0 Å². The molecule has 4 aromatic heterocycles. The first-order valence-electron chi connectivity index (χ1n) is 19.9. The van der Waals surface area contributed by atoms with Gasteiger partial charge in [0.25, 0.3) is 0 Å². The van der Waals surface area contributed by atoms with E-state index in [0.29, 0.717) is 76.9 Å². The molecular weight excluding hydrogens is 792 g/mol. The van der Waals surface area contributed by atoms with Crippen molar-refractivity contribution in [3.63, 3.8) is 0 Å². The third-order valence-electron chi connectivity index (χ3n) is 11.6. The Morgan fingerprint density at radius 1 is 1.00 bits per heavy atom. The number of rotatable bonds is 4. The molecule has 2 fully saturated rings. The summed E-state index contributed by atoms with van der Waals surface area (Å²) in [6.45, 7) is 7.75. The van der Waals surface area contributed by atoms with E-state index in [1.807, 2.05) is 34.6 Å². The Morgan fingerprint density at radius 2 is 1.82 bits per heavy atom. The molecule has 3 aliphatic heterocycles. The van der Waals surface area contributed by atoms with Crippen LogP contribution in [-0.4, -0.2) is 140 Å². The minimum atomic E-state index is -0.848. The Kier molecular flexibility index (Phi) is 10.00. The first kappa shape index (κ1) is 39.7. The van der Waals surface area contributed by atoms with Crippen molar-refractivity contribution in [3.8, 4) is 16.9 Å². The van der Waals surface area contributed by atoms with Gasteiger partial charge in [-0.25, -0.2) is 32.6 Å². The normalized spacial score (nSPS) is 19.7. The number of amides is 3. The second-order valence-corrected chi connectivity index (χ2v) is 15.9. The lowest BCUT2D eigenvalue weighted by Gasteiger charge is -2.37. The molecule has 6 aromatic rings. The summed E-state index contributed by atoms with van der Waals surface area (Å²) in [6, 6.07) is 10.3. The number of urea groups is 1. The first-order chi connectivity index (χ1) is 29.3. The van der Waals surface area contributed by atoms with Crippen LogP contribution in [0.15, 0.2) is 67.0 Å². The molecular formula is C42H46F3N13O3. The maximum Gasteiger partial charge on any atom is 0.319 e. The van der Waals surface area contributed by atoms with Crippen LogP contribution in [0.1, 0.15) is 13.7 Å². The summed E-state index contributed by atoms with van der Waals surface area (Å²) >= 11 is 0. The molecule has 0 aliphatic carbocycles. The van der Waals surface area contributed by atoms with Crippen molar-refractivity contribution in [2.24, 2.45) is 0 Å². The number of carbonyl (C=O) groups is 2. The number of pyridine rings is 1. The number of aromatic nitrogens is 7. The Morgan fingerprint density at radius 3 is 2.57 bits per heavy atom. The fourth-order valence-corrected chi connectivity index (χ4v) is 8.61. The molecule has 16 nitrogen and oxygen atoms in total. The molecule has 1 N–H and O–H groups in total. The summed E-state index contributed by atoms with van der Waals surface area (Å²) in [5.74, 6) is -0.513. The van der Waals surface area contributed by atoms with Crippen molar-refractivity contribution in [1.82, 2.24) is 49.0 Å². The smallest absolute Gasteiger partial charge is 0.319 e. The second kappa shape index (κ2) is 15.4. The van der Waals surface area contributed by atoms with E-state index in [1.54, 1.807) is 43.0 Å². The van der Waals surface area contributed by atoms with Gasteiger partial charge >= 0.3 is 6.03 Å². The zero-order chi connectivity index (χ0) is 42.9. The van der Waals surface area contributed by atoms with Gasteiger partial charge < -0.3 is 39.1 Å². The molecule has 2 saturated heterocycles. The van der Waals surface area contributed by atoms with E-state index in [9.17, 15) is 14.0 Å². The topological polar surface area (TPSA) is 146 Å². The molecule has 318 valence electrons. The number of likely N-dealkylation sites (N-methyl/N-ethyl adjacent to an activating group) is 1. The number of piperazine rings is 1. The molecule has 0 radical (unpaired) electrons. The van der Waals surface area contributed by atoms with Gasteiger partial charge in [0.1, 0.15) is 40.8 Å². The first-order valence-corrected chi connectivity index (χ1v) is 19.9. The number of hydrogen-bond acceptors (Lipinski definition) is 11. The average molecular weight is 838 g/mol. The average Bonchev–Trinajstić information content (AvgIpc) is 3.94. The van der Waals surface area contributed by atoms with Crippen LogP contribution < -0.4 is 15.1 Å². The van der Waals surface area contributed by atoms with Gasteiger partial charge in [0.05, 0.1) is 47.5 Å². The van der Waals surface area contributed by atoms with Crippen LogP contribution >= 0.6 is 0 Å². The summed E-state index contributed by atoms with van der Waals surface area (Å²) in [5, 5.41) is 8.48. The molecule has 3 aliphatic rings. The highest BCUT2D eigenvalue weighted by Gasteiger charge is 2.42. The van der Waals surface area contributed by atoms with Gasteiger partial charge in [-0.15, -0.1) is 0 Å². The number of imidazole rings is 1. The van der Waals surface area contributed by atoms with Crippen molar-refractivity contribution >= 4 is 51.6 Å². The number of nitrogens with one attached hydrogen (secondary N) is 1. The Hall–Kier alpha value is -6.76. The van der Waals surface area contributed by atoms with E-state index in [2.05, 4.69) is 22.0 Å². The fraction of sp³-hybridized carbons (Fsp3) is 0.357. The van der Waals surface area contributed by atoms with Crippen LogP contribution in [0.2, 0.25) is 0 Å². The highest BCUT2D eigenvalue weighted by molar-refractivity contribution is 5.94. The molecule has 9 rings (SSSR count). The second-order valence-electron chi connectivity index (χ2n) is 15.9. The maximum absolute atomic E-state index is 15.4. The molecule has 4 bridgehead atoms. The zero-order valence-corrected chi connectivity index (χ0v) is 34.3. The van der Waals surface area contributed by atoms with Gasteiger partial charge in [-0.1, -0.05) is 12.6 Å². The van der Waals surface area contributed by atoms with E-state index in [4.69, 9.17) is 19.7 Å². The lowest BCUT2D eigenvalue weighted by atomic mass is 10.1. The maximum atomic E-state index is 15.4. The molecule has 0 unspecified atom stereocenters. The van der Waals surface area contributed by atoms with Gasteiger partial charge in [0.2, 0.25) is 11.9 Å². The summed E-state index contributed by atoms with van der Waals surface area (Å²) < 4.78 is 54.0. The number of fused-ring (bicyclic) bond motifs is 6. The molecule has 0 saturated carbocycles. The van der Waals surface area contributed by atoms with E-state index in [0.717, 1.165) is 12.1 Å². The lowest BCUT2D eigenvalue weighted by Crippen LogP contribution is -2.50. The predicted octanol–water partition coefficient (Wildman–Crippen LogP) is 5.06. The van der Waals surface area contributed by atoms with Crippen LogP contribution in [-0.2, 0) is 16.1 Å². The molecule has 3 amide bonds. The summed E-state index contributed by atoms with van der Waals surface area (Å²) in [5.41, 5.74) is 3.02. The number of anilines is 3. The quantitative estimate of drug-likeness (QED) is 0.254. The largest absolute Gasteiger partial charge is 0.378 e. The van der Waals surface area contributed by atoms with Crippen molar-refractivity contribution < 1.29 is 28.9 Å².